The molecule has 3 aromatic rings. The Morgan fingerprint density at radius 3 is 2.50 bits per heavy atom. The first-order chi connectivity index (χ1) is 14.4. The average molecular weight is 468 g/mol. The lowest BCUT2D eigenvalue weighted by Crippen LogP contribution is -2.48. The quantitative estimate of drug-likeness (QED) is 0.578. The number of nitrogens with one attached hydrogen (secondary N) is 1. The lowest BCUT2D eigenvalue weighted by Gasteiger charge is -2.34. The predicted octanol–water partition coefficient (Wildman–Crippen LogP) is 5.13. The number of rotatable bonds is 4. The van der Waals surface area contributed by atoms with E-state index in [2.05, 4.69) is 15.1 Å². The maximum Gasteiger partial charge on any atom is 0.271 e. The number of carbonyl (C=O) groups is 1. The van der Waals surface area contributed by atoms with Gasteiger partial charge in [0.1, 0.15) is 11.5 Å². The van der Waals surface area contributed by atoms with E-state index >= 15 is 0 Å². The summed E-state index contributed by atoms with van der Waals surface area (Å²) in [6, 6.07) is 11.5. The van der Waals surface area contributed by atoms with Crippen LogP contribution in [0.4, 0.5) is 4.39 Å². The van der Waals surface area contributed by atoms with Crippen LogP contribution in [0.3, 0.4) is 0 Å². The van der Waals surface area contributed by atoms with Crippen LogP contribution in [0.2, 0.25) is 15.1 Å². The van der Waals surface area contributed by atoms with Crippen LogP contribution < -0.4 is 0 Å². The smallest absolute Gasteiger partial charge is 0.271 e. The summed E-state index contributed by atoms with van der Waals surface area (Å²) in [5, 5.41) is 8.43. The van der Waals surface area contributed by atoms with Crippen molar-refractivity contribution in [1.82, 2.24) is 20.0 Å². The molecule has 156 valence electrons. The number of piperazine rings is 1. The minimum absolute atomic E-state index is 0.137. The molecule has 9 heteroatoms. The Labute approximate surface area is 188 Å². The lowest BCUT2D eigenvalue weighted by atomic mass is 10.1. The largest absolute Gasteiger partial charge is 0.335 e. The average Bonchev–Trinajstić information content (AvgIpc) is 3.21. The zero-order chi connectivity index (χ0) is 21.3. The molecule has 0 atom stereocenters. The van der Waals surface area contributed by atoms with Crippen molar-refractivity contribution < 1.29 is 9.18 Å². The second-order valence-electron chi connectivity index (χ2n) is 7.06. The maximum absolute atomic E-state index is 14.0. The van der Waals surface area contributed by atoms with Gasteiger partial charge in [0, 0.05) is 53.9 Å². The minimum Gasteiger partial charge on any atom is -0.335 e. The number of aromatic nitrogens is 2. The summed E-state index contributed by atoms with van der Waals surface area (Å²) in [7, 11) is 0. The van der Waals surface area contributed by atoms with E-state index in [1.807, 2.05) is 0 Å². The number of hydrogen-bond acceptors (Lipinski definition) is 3. The zero-order valence-electron chi connectivity index (χ0n) is 15.8. The molecule has 5 nitrogen and oxygen atoms in total. The van der Waals surface area contributed by atoms with Gasteiger partial charge in [0.05, 0.1) is 10.7 Å². The summed E-state index contributed by atoms with van der Waals surface area (Å²) in [5.41, 5.74) is 2.15. The molecule has 2 heterocycles. The van der Waals surface area contributed by atoms with Crippen molar-refractivity contribution in [3.05, 3.63) is 74.6 Å². The van der Waals surface area contributed by atoms with Gasteiger partial charge in [0.25, 0.3) is 5.91 Å². The number of aromatic amines is 1. The standard InChI is InChI=1S/C21H18Cl3FN4O/c22-13-4-5-14(17(24)10-13)19-11-20(27-26-19)21(30)29-8-6-28(7-9-29)12-15-16(23)2-1-3-18(15)25/h1-5,10-11H,6-9,12H2,(H,26,27). The topological polar surface area (TPSA) is 52.2 Å². The highest BCUT2D eigenvalue weighted by molar-refractivity contribution is 6.36. The second-order valence-corrected chi connectivity index (χ2v) is 8.31. The summed E-state index contributed by atoms with van der Waals surface area (Å²) in [6.07, 6.45) is 0. The molecule has 0 saturated carbocycles. The van der Waals surface area contributed by atoms with Gasteiger partial charge in [-0.1, -0.05) is 40.9 Å². The van der Waals surface area contributed by atoms with Crippen molar-refractivity contribution in [1.29, 1.82) is 0 Å². The van der Waals surface area contributed by atoms with Crippen LogP contribution in [0.15, 0.2) is 42.5 Å². The molecule has 2 aromatic carbocycles. The van der Waals surface area contributed by atoms with Gasteiger partial charge in [-0.25, -0.2) is 4.39 Å². The van der Waals surface area contributed by atoms with E-state index in [1.165, 1.54) is 6.07 Å². The summed E-state index contributed by atoms with van der Waals surface area (Å²) >= 11 is 18.3. The fourth-order valence-corrected chi connectivity index (χ4v) is 4.18. The Morgan fingerprint density at radius 2 is 1.80 bits per heavy atom. The van der Waals surface area contributed by atoms with Gasteiger partial charge in [-0.15, -0.1) is 0 Å². The Hall–Kier alpha value is -2.12. The van der Waals surface area contributed by atoms with Gasteiger partial charge in [0.15, 0.2) is 0 Å². The highest BCUT2D eigenvalue weighted by Gasteiger charge is 2.25. The molecule has 30 heavy (non-hydrogen) atoms. The molecule has 4 rings (SSSR count). The Kier molecular flexibility index (Phi) is 6.29. The molecule has 1 fully saturated rings. The van der Waals surface area contributed by atoms with Crippen LogP contribution in [0.1, 0.15) is 16.1 Å². The number of H-pyrrole nitrogens is 1. The molecule has 1 saturated heterocycles. The third-order valence-electron chi connectivity index (χ3n) is 5.12. The SMILES string of the molecule is O=C(c1cc(-c2ccc(Cl)cc2Cl)n[nH]1)N1CCN(Cc2c(F)cccc2Cl)CC1. The van der Waals surface area contributed by atoms with E-state index in [9.17, 15) is 9.18 Å². The maximum atomic E-state index is 14.0. The molecule has 1 aromatic heterocycles. The van der Waals surface area contributed by atoms with Crippen LogP contribution >= 0.6 is 34.8 Å². The van der Waals surface area contributed by atoms with Gasteiger partial charge in [-0.2, -0.15) is 5.10 Å². The molecular weight excluding hydrogens is 450 g/mol. The summed E-state index contributed by atoms with van der Waals surface area (Å²) in [5.74, 6) is -0.450. The molecule has 1 aliphatic rings. The molecule has 0 spiro atoms. The van der Waals surface area contributed by atoms with Gasteiger partial charge in [0.2, 0.25) is 0 Å². The van der Waals surface area contributed by atoms with Crippen LogP contribution in [0, 0.1) is 5.82 Å². The number of benzene rings is 2. The number of amides is 1. The molecule has 0 bridgehead atoms. The Bertz CT molecular complexity index is 1060. The highest BCUT2D eigenvalue weighted by atomic mass is 35.5. The zero-order valence-corrected chi connectivity index (χ0v) is 18.1. The molecule has 1 amide bonds. The first-order valence-electron chi connectivity index (χ1n) is 9.37. The number of hydrogen-bond donors (Lipinski definition) is 1. The fourth-order valence-electron chi connectivity index (χ4n) is 3.45. The van der Waals surface area contributed by atoms with E-state index in [0.29, 0.717) is 70.3 Å². The molecule has 1 N–H and O–H groups in total. The number of carbonyl (C=O) groups excluding carboxylic acids is 1. The predicted molar refractivity (Wildman–Crippen MR) is 117 cm³/mol. The summed E-state index contributed by atoms with van der Waals surface area (Å²) in [4.78, 5) is 16.7. The Balaban J connectivity index is 1.40. The Morgan fingerprint density at radius 1 is 1.03 bits per heavy atom. The van der Waals surface area contributed by atoms with Crippen molar-refractivity contribution in [3.8, 4) is 11.3 Å². The summed E-state index contributed by atoms with van der Waals surface area (Å²) in [6.45, 7) is 2.72. The van der Waals surface area contributed by atoms with Gasteiger partial charge < -0.3 is 4.90 Å². The van der Waals surface area contributed by atoms with E-state index in [0.717, 1.165) is 0 Å². The van der Waals surface area contributed by atoms with Crippen LogP contribution in [0.5, 0.6) is 0 Å². The third-order valence-corrected chi connectivity index (χ3v) is 6.02. The highest BCUT2D eigenvalue weighted by Crippen LogP contribution is 2.29. The van der Waals surface area contributed by atoms with Gasteiger partial charge in [-0.3, -0.25) is 14.8 Å². The molecule has 0 radical (unpaired) electrons. The molecular formula is C21H18Cl3FN4O. The van der Waals surface area contributed by atoms with Crippen LogP contribution in [-0.4, -0.2) is 52.1 Å². The molecule has 1 aliphatic heterocycles. The van der Waals surface area contributed by atoms with E-state index < -0.39 is 0 Å². The number of nitrogens with zero attached hydrogens (tertiary/aromatic N) is 3. The van der Waals surface area contributed by atoms with E-state index in [-0.39, 0.29) is 11.7 Å². The van der Waals surface area contributed by atoms with Crippen LogP contribution in [-0.2, 0) is 6.54 Å². The van der Waals surface area contributed by atoms with Crippen molar-refractivity contribution in [3.63, 3.8) is 0 Å². The van der Waals surface area contributed by atoms with Crippen molar-refractivity contribution >= 4 is 40.7 Å². The van der Waals surface area contributed by atoms with Gasteiger partial charge in [-0.05, 0) is 36.4 Å². The third kappa shape index (κ3) is 4.47. The van der Waals surface area contributed by atoms with E-state index in [1.54, 1.807) is 41.3 Å². The monoisotopic (exact) mass is 466 g/mol. The minimum atomic E-state index is -0.313. The lowest BCUT2D eigenvalue weighted by molar-refractivity contribution is 0.0621. The molecule has 0 aliphatic carbocycles. The first kappa shape index (κ1) is 21.1. The fraction of sp³-hybridized carbons (Fsp3) is 0.238. The number of halogens is 4. The molecule has 0 unspecified atom stereocenters. The van der Waals surface area contributed by atoms with Crippen molar-refractivity contribution in [2.24, 2.45) is 0 Å². The van der Waals surface area contributed by atoms with Crippen molar-refractivity contribution in [2.45, 2.75) is 6.54 Å². The van der Waals surface area contributed by atoms with Gasteiger partial charge >= 0.3 is 0 Å². The normalized spacial score (nSPS) is 14.9. The van der Waals surface area contributed by atoms with Crippen LogP contribution in [0.25, 0.3) is 11.3 Å². The summed E-state index contributed by atoms with van der Waals surface area (Å²) < 4.78 is 14.0. The van der Waals surface area contributed by atoms with E-state index in [4.69, 9.17) is 34.8 Å². The van der Waals surface area contributed by atoms with Crippen molar-refractivity contribution in [2.75, 3.05) is 26.2 Å². The first-order valence-corrected chi connectivity index (χ1v) is 10.5. The second kappa shape index (κ2) is 8.94.